The maximum atomic E-state index is 14.5. The number of aryl methyl sites for hydroxylation is 3. The van der Waals surface area contributed by atoms with Crippen LogP contribution in [0, 0.1) is 33.6 Å². The van der Waals surface area contributed by atoms with Crippen molar-refractivity contribution in [1.82, 2.24) is 14.0 Å². The van der Waals surface area contributed by atoms with Crippen molar-refractivity contribution in [2.24, 2.45) is 5.92 Å². The smallest absolute Gasteiger partial charge is 0.255 e. The third-order valence-electron chi connectivity index (χ3n) is 11.2. The second kappa shape index (κ2) is 8.00. The van der Waals surface area contributed by atoms with E-state index >= 15 is 0 Å². The standard InChI is InChI=1S/C36H41N3O4/c1-17(2)36-35(41,16-42-10)15-24(43-36)38-22-13-11-12-18(3)25(22)27-29-30(34(7,8)37(9)33(29)40)28-26-21(6)20(5)19(4)14-23(26)39(36)32(28)31(27)38/h11-14,17,24,41H,15-16H2,1-10H3/t24-,35-,36-/m0/s1/i15D2. The van der Waals surface area contributed by atoms with Crippen molar-refractivity contribution in [3.63, 3.8) is 0 Å². The van der Waals surface area contributed by atoms with Gasteiger partial charge >= 0.3 is 0 Å². The third kappa shape index (κ3) is 2.73. The highest BCUT2D eigenvalue weighted by molar-refractivity contribution is 6.32. The Kier molecular flexibility index (Phi) is 4.65. The first-order valence-electron chi connectivity index (χ1n) is 16.2. The van der Waals surface area contributed by atoms with Gasteiger partial charge in [-0.1, -0.05) is 26.0 Å². The molecule has 5 heterocycles. The summed E-state index contributed by atoms with van der Waals surface area (Å²) in [5, 5.41) is 16.7. The molecule has 0 spiro atoms. The topological polar surface area (TPSA) is 68.9 Å². The molecule has 2 aromatic heterocycles. The van der Waals surface area contributed by atoms with E-state index in [0.29, 0.717) is 5.56 Å². The number of carbonyl (C=O) groups is 1. The number of benzene rings is 3. The maximum Gasteiger partial charge on any atom is 0.255 e. The van der Waals surface area contributed by atoms with E-state index in [-0.39, 0.29) is 18.4 Å². The zero-order chi connectivity index (χ0) is 32.5. The first-order valence-corrected chi connectivity index (χ1v) is 15.2. The highest BCUT2D eigenvalue weighted by atomic mass is 16.6. The van der Waals surface area contributed by atoms with Crippen LogP contribution in [0.15, 0.2) is 24.3 Å². The van der Waals surface area contributed by atoms with E-state index in [4.69, 9.17) is 9.47 Å². The van der Waals surface area contributed by atoms with Crippen LogP contribution in [-0.4, -0.2) is 51.4 Å². The number of fused-ring (bicyclic) bond motifs is 13. The first-order chi connectivity index (χ1) is 21.0. The Bertz CT molecular complexity index is 2210. The molecular weight excluding hydrogens is 538 g/mol. The molecule has 1 amide bonds. The Morgan fingerprint density at radius 2 is 1.77 bits per heavy atom. The minimum Gasteiger partial charge on any atom is -0.382 e. The van der Waals surface area contributed by atoms with Gasteiger partial charge in [-0.3, -0.25) is 4.79 Å². The Morgan fingerprint density at radius 1 is 1.05 bits per heavy atom. The first kappa shape index (κ1) is 25.0. The van der Waals surface area contributed by atoms with E-state index in [0.717, 1.165) is 71.4 Å². The molecule has 3 aliphatic heterocycles. The molecule has 0 saturated carbocycles. The number of aliphatic hydroxyl groups is 1. The summed E-state index contributed by atoms with van der Waals surface area (Å²) in [5.41, 5.74) is 4.95. The van der Waals surface area contributed by atoms with Crippen molar-refractivity contribution in [1.29, 1.82) is 0 Å². The highest BCUT2D eigenvalue weighted by Crippen LogP contribution is 2.62. The number of hydrogen-bond acceptors (Lipinski definition) is 4. The van der Waals surface area contributed by atoms with Crippen molar-refractivity contribution in [3.8, 4) is 0 Å². The maximum absolute atomic E-state index is 14.5. The predicted octanol–water partition coefficient (Wildman–Crippen LogP) is 7.08. The van der Waals surface area contributed by atoms with Gasteiger partial charge in [-0.15, -0.1) is 0 Å². The summed E-state index contributed by atoms with van der Waals surface area (Å²) >= 11 is 0. The fraction of sp³-hybridized carbons (Fsp3) is 0.472. The van der Waals surface area contributed by atoms with E-state index < -0.39 is 29.5 Å². The molecule has 0 unspecified atom stereocenters. The summed E-state index contributed by atoms with van der Waals surface area (Å²) in [6, 6.07) is 8.14. The lowest BCUT2D eigenvalue weighted by Crippen LogP contribution is -2.58. The quantitative estimate of drug-likeness (QED) is 0.247. The SMILES string of the molecule is [2H]C1([2H])[C@@H]2O[C@](C(C)C)(n3c4cc(C)c(C)c(C)c4c4c5c(c6c7c(C)cccc7n2c6c43)C(=O)N(C)C5(C)C)[C@@]1(O)COC. The van der Waals surface area contributed by atoms with E-state index in [1.165, 1.54) is 7.11 Å². The number of rotatable bonds is 3. The molecule has 3 aromatic carbocycles. The molecule has 1 saturated heterocycles. The number of aromatic nitrogens is 2. The van der Waals surface area contributed by atoms with E-state index in [1.807, 2.05) is 55.5 Å². The summed E-state index contributed by atoms with van der Waals surface area (Å²) in [6.07, 6.45) is -3.49. The lowest BCUT2D eigenvalue weighted by Gasteiger charge is -2.45. The second-order valence-electron chi connectivity index (χ2n) is 13.9. The fourth-order valence-electron chi connectivity index (χ4n) is 8.82. The fourth-order valence-corrected chi connectivity index (χ4v) is 8.82. The Morgan fingerprint density at radius 3 is 2.44 bits per heavy atom. The number of methoxy groups -OCH3 is 1. The molecule has 8 rings (SSSR count). The Labute approximate surface area is 254 Å². The van der Waals surface area contributed by atoms with Crippen LogP contribution < -0.4 is 0 Å². The molecule has 7 heteroatoms. The van der Waals surface area contributed by atoms with Gasteiger partial charge in [0.05, 0.1) is 39.8 Å². The van der Waals surface area contributed by atoms with Gasteiger partial charge in [0.15, 0.2) is 5.72 Å². The van der Waals surface area contributed by atoms with E-state index in [2.05, 4.69) is 45.3 Å². The molecule has 7 nitrogen and oxygen atoms in total. The van der Waals surface area contributed by atoms with Crippen LogP contribution in [-0.2, 0) is 20.7 Å². The van der Waals surface area contributed by atoms with Crippen molar-refractivity contribution in [2.45, 2.75) is 84.9 Å². The Hall–Kier alpha value is -3.39. The molecule has 0 radical (unpaired) electrons. The number of nitrogens with zero attached hydrogens (tertiary/aromatic N) is 3. The monoisotopic (exact) mass is 581 g/mol. The summed E-state index contributed by atoms with van der Waals surface area (Å²) in [7, 11) is 3.37. The summed E-state index contributed by atoms with van der Waals surface area (Å²) in [6.45, 7) is 16.3. The van der Waals surface area contributed by atoms with Gasteiger partial charge in [-0.05, 0) is 75.9 Å². The number of hydrogen-bond donors (Lipinski definition) is 1. The van der Waals surface area contributed by atoms with Crippen LogP contribution in [0.25, 0.3) is 43.6 Å². The number of carbonyl (C=O) groups excluding carboxylic acids is 1. The highest BCUT2D eigenvalue weighted by Gasteiger charge is 2.65. The predicted molar refractivity (Wildman–Crippen MR) is 171 cm³/mol. The molecular formula is C36H41N3O4. The van der Waals surface area contributed by atoms with Gasteiger partial charge in [0, 0.05) is 56.3 Å². The van der Waals surface area contributed by atoms with Crippen LogP contribution in [0.4, 0.5) is 0 Å². The van der Waals surface area contributed by atoms with Gasteiger partial charge in [0.2, 0.25) is 0 Å². The summed E-state index contributed by atoms with van der Waals surface area (Å²) < 4.78 is 36.3. The zero-order valence-electron chi connectivity index (χ0n) is 28.7. The van der Waals surface area contributed by atoms with Gasteiger partial charge < -0.3 is 28.6 Å². The van der Waals surface area contributed by atoms with Gasteiger partial charge in [-0.25, -0.2) is 0 Å². The molecule has 1 fully saturated rings. The molecule has 224 valence electrons. The van der Waals surface area contributed by atoms with Crippen LogP contribution in [0.2, 0.25) is 0 Å². The molecule has 2 bridgehead atoms. The van der Waals surface area contributed by atoms with Gasteiger partial charge in [0.1, 0.15) is 11.8 Å². The molecule has 1 N–H and O–H groups in total. The van der Waals surface area contributed by atoms with Crippen molar-refractivity contribution < 1.29 is 22.1 Å². The Balaban J connectivity index is 1.83. The average Bonchev–Trinajstić information content (AvgIpc) is 3.54. The molecule has 3 aliphatic rings. The van der Waals surface area contributed by atoms with Crippen LogP contribution >= 0.6 is 0 Å². The molecule has 0 aliphatic carbocycles. The average molecular weight is 582 g/mol. The van der Waals surface area contributed by atoms with Crippen LogP contribution in [0.5, 0.6) is 0 Å². The van der Waals surface area contributed by atoms with Crippen molar-refractivity contribution in [2.75, 3.05) is 20.8 Å². The summed E-state index contributed by atoms with van der Waals surface area (Å²) in [4.78, 5) is 16.3. The third-order valence-corrected chi connectivity index (χ3v) is 11.2. The number of amides is 1. The van der Waals surface area contributed by atoms with Gasteiger partial charge in [0.25, 0.3) is 5.91 Å². The van der Waals surface area contributed by atoms with Crippen molar-refractivity contribution >= 4 is 49.5 Å². The lowest BCUT2D eigenvalue weighted by molar-refractivity contribution is -0.228. The largest absolute Gasteiger partial charge is 0.382 e. The zero-order valence-corrected chi connectivity index (χ0v) is 26.7. The molecule has 3 atom stereocenters. The van der Waals surface area contributed by atoms with E-state index in [9.17, 15) is 12.6 Å². The lowest BCUT2D eigenvalue weighted by atomic mass is 9.80. The van der Waals surface area contributed by atoms with Crippen molar-refractivity contribution in [3.05, 3.63) is 57.6 Å². The minimum atomic E-state index is -2.29. The molecule has 43 heavy (non-hydrogen) atoms. The van der Waals surface area contributed by atoms with Crippen LogP contribution in [0.3, 0.4) is 0 Å². The van der Waals surface area contributed by atoms with E-state index in [1.54, 1.807) is 0 Å². The number of ether oxygens (including phenoxy) is 2. The van der Waals surface area contributed by atoms with Crippen LogP contribution in [0.1, 0.15) is 81.2 Å². The normalized spacial score (nSPS) is 27.8. The second-order valence-corrected chi connectivity index (χ2v) is 13.9. The molecule has 5 aromatic rings. The van der Waals surface area contributed by atoms with Gasteiger partial charge in [-0.2, -0.15) is 0 Å². The minimum absolute atomic E-state index is 0.0469. The summed E-state index contributed by atoms with van der Waals surface area (Å²) in [5.74, 6) is -0.425.